The monoisotopic (exact) mass is 309 g/mol. The van der Waals surface area contributed by atoms with Gasteiger partial charge in [-0.1, -0.05) is 18.3 Å². The Hall–Kier alpha value is -1.34. The van der Waals surface area contributed by atoms with E-state index in [-0.39, 0.29) is 11.9 Å². The lowest BCUT2D eigenvalue weighted by molar-refractivity contribution is 0.0792. The van der Waals surface area contributed by atoms with E-state index < -0.39 is 0 Å². The van der Waals surface area contributed by atoms with Crippen LogP contribution in [0.4, 0.5) is 10.9 Å². The topological polar surface area (TPSA) is 88.5 Å². The number of thiazole rings is 1. The van der Waals surface area contributed by atoms with E-state index in [2.05, 4.69) is 16.8 Å². The lowest BCUT2D eigenvalue weighted by Gasteiger charge is -2.16. The Labute approximate surface area is 129 Å². The first-order valence-electron chi connectivity index (χ1n) is 7.48. The molecule has 0 radical (unpaired) electrons. The molecule has 1 aromatic heterocycles. The van der Waals surface area contributed by atoms with Crippen LogP contribution < -0.4 is 16.4 Å². The molecular weight excluding hydrogens is 286 g/mol. The van der Waals surface area contributed by atoms with E-state index in [0.29, 0.717) is 16.6 Å². The van der Waals surface area contributed by atoms with Gasteiger partial charge in [-0.05, 0) is 24.7 Å². The van der Waals surface area contributed by atoms with Crippen molar-refractivity contribution in [3.8, 4) is 0 Å². The summed E-state index contributed by atoms with van der Waals surface area (Å²) < 4.78 is 0. The Morgan fingerprint density at radius 1 is 1.57 bits per heavy atom. The maximum atomic E-state index is 12.5. The minimum absolute atomic E-state index is 0.0150. The molecule has 4 N–H and O–H groups in total. The second-order valence-electron chi connectivity index (χ2n) is 6.36. The van der Waals surface area contributed by atoms with E-state index in [9.17, 15) is 4.79 Å². The fourth-order valence-corrected chi connectivity index (χ4v) is 3.85. The van der Waals surface area contributed by atoms with Gasteiger partial charge in [-0.3, -0.25) is 4.79 Å². The summed E-state index contributed by atoms with van der Waals surface area (Å²) in [6.07, 6.45) is 2.18. The molecule has 2 heterocycles. The summed E-state index contributed by atoms with van der Waals surface area (Å²) in [4.78, 5) is 21.3. The van der Waals surface area contributed by atoms with Crippen LogP contribution in [0.15, 0.2) is 0 Å². The number of nitrogens with zero attached hydrogens (tertiary/aromatic N) is 3. The maximum Gasteiger partial charge on any atom is 0.267 e. The van der Waals surface area contributed by atoms with Gasteiger partial charge < -0.3 is 21.3 Å². The van der Waals surface area contributed by atoms with Crippen molar-refractivity contribution in [3.63, 3.8) is 0 Å². The first kappa shape index (κ1) is 14.6. The molecule has 21 heavy (non-hydrogen) atoms. The Kier molecular flexibility index (Phi) is 3.79. The molecular formula is C14H23N5OS. The number of nitrogen functional groups attached to an aromatic ring is 1. The minimum Gasteiger partial charge on any atom is -0.382 e. The van der Waals surface area contributed by atoms with Crippen LogP contribution in [0.25, 0.3) is 0 Å². The summed E-state index contributed by atoms with van der Waals surface area (Å²) in [5, 5.41) is 0.817. The Morgan fingerprint density at radius 3 is 2.86 bits per heavy atom. The molecule has 2 fully saturated rings. The van der Waals surface area contributed by atoms with E-state index in [1.54, 1.807) is 4.90 Å². The Balaban J connectivity index is 1.69. The number of anilines is 2. The van der Waals surface area contributed by atoms with E-state index in [4.69, 9.17) is 11.5 Å². The third-order valence-corrected chi connectivity index (χ3v) is 5.58. The van der Waals surface area contributed by atoms with E-state index in [1.807, 2.05) is 7.05 Å². The van der Waals surface area contributed by atoms with Crippen molar-refractivity contribution >= 4 is 28.2 Å². The van der Waals surface area contributed by atoms with Gasteiger partial charge in [-0.15, -0.1) is 0 Å². The number of hydrogen-bond donors (Lipinski definition) is 2. The van der Waals surface area contributed by atoms with Crippen LogP contribution in [-0.2, 0) is 0 Å². The molecule has 0 spiro atoms. The lowest BCUT2D eigenvalue weighted by atomic mass is 10.3. The molecule has 0 bridgehead atoms. The van der Waals surface area contributed by atoms with Gasteiger partial charge in [0, 0.05) is 32.7 Å². The normalized spacial score (nSPS) is 28.0. The van der Waals surface area contributed by atoms with Crippen LogP contribution in [0.3, 0.4) is 0 Å². The van der Waals surface area contributed by atoms with Gasteiger partial charge in [0.25, 0.3) is 5.91 Å². The van der Waals surface area contributed by atoms with Crippen molar-refractivity contribution in [2.24, 2.45) is 17.6 Å². The first-order valence-corrected chi connectivity index (χ1v) is 8.29. The molecule has 1 aliphatic heterocycles. The number of carbonyl (C=O) groups excluding carboxylic acids is 1. The average molecular weight is 309 g/mol. The zero-order chi connectivity index (χ0) is 15.1. The number of carbonyl (C=O) groups is 1. The first-order chi connectivity index (χ1) is 9.95. The van der Waals surface area contributed by atoms with Crippen LogP contribution in [-0.4, -0.2) is 48.5 Å². The number of nitrogens with two attached hydrogens (primary N) is 2. The fraction of sp³-hybridized carbons (Fsp3) is 0.714. The van der Waals surface area contributed by atoms with E-state index >= 15 is 0 Å². The van der Waals surface area contributed by atoms with Gasteiger partial charge in [0.15, 0.2) is 5.13 Å². The van der Waals surface area contributed by atoms with Gasteiger partial charge in [0.1, 0.15) is 10.7 Å². The molecule has 1 saturated carbocycles. The molecule has 2 aliphatic rings. The van der Waals surface area contributed by atoms with E-state index in [1.165, 1.54) is 17.8 Å². The molecule has 116 valence electrons. The summed E-state index contributed by atoms with van der Waals surface area (Å²) in [6.45, 7) is 4.70. The summed E-state index contributed by atoms with van der Waals surface area (Å²) >= 11 is 1.39. The van der Waals surface area contributed by atoms with Gasteiger partial charge in [0.05, 0.1) is 0 Å². The molecule has 3 atom stereocenters. The largest absolute Gasteiger partial charge is 0.382 e. The molecule has 3 rings (SSSR count). The van der Waals surface area contributed by atoms with Crippen molar-refractivity contribution in [1.29, 1.82) is 0 Å². The molecule has 1 amide bonds. The molecule has 3 unspecified atom stereocenters. The highest BCUT2D eigenvalue weighted by atomic mass is 32.1. The predicted molar refractivity (Wildman–Crippen MR) is 85.6 cm³/mol. The quantitative estimate of drug-likeness (QED) is 0.866. The summed E-state index contributed by atoms with van der Waals surface area (Å²) in [5.41, 5.74) is 11.9. The highest BCUT2D eigenvalue weighted by Gasteiger charge is 2.35. The lowest BCUT2D eigenvalue weighted by Crippen LogP contribution is -2.29. The number of aromatic nitrogens is 1. The molecule has 1 aliphatic carbocycles. The molecule has 1 saturated heterocycles. The number of rotatable bonds is 4. The predicted octanol–water partition coefficient (Wildman–Crippen LogP) is 0.991. The zero-order valence-electron chi connectivity index (χ0n) is 12.6. The van der Waals surface area contributed by atoms with Crippen LogP contribution in [0, 0.1) is 11.8 Å². The molecule has 0 aromatic carbocycles. The fourth-order valence-electron chi connectivity index (χ4n) is 2.83. The Morgan fingerprint density at radius 2 is 2.29 bits per heavy atom. The third kappa shape index (κ3) is 2.98. The van der Waals surface area contributed by atoms with Crippen molar-refractivity contribution in [1.82, 2.24) is 9.88 Å². The second kappa shape index (κ2) is 5.46. The second-order valence-corrected chi connectivity index (χ2v) is 7.34. The number of hydrogen-bond acceptors (Lipinski definition) is 6. The van der Waals surface area contributed by atoms with Crippen LogP contribution in [0.2, 0.25) is 0 Å². The molecule has 1 aromatic rings. The maximum absolute atomic E-state index is 12.5. The smallest absolute Gasteiger partial charge is 0.267 e. The SMILES string of the molecule is CC1CC1CN(C)C(=O)c1sc(N2CCC(N)C2)nc1N. The minimum atomic E-state index is -0.0150. The van der Waals surface area contributed by atoms with Crippen molar-refractivity contribution in [2.45, 2.75) is 25.8 Å². The van der Waals surface area contributed by atoms with Crippen molar-refractivity contribution < 1.29 is 4.79 Å². The van der Waals surface area contributed by atoms with Crippen LogP contribution >= 0.6 is 11.3 Å². The zero-order valence-corrected chi connectivity index (χ0v) is 13.4. The standard InChI is InChI=1S/C14H23N5OS/c1-8-5-9(8)6-18(2)13(20)11-12(16)17-14(21-11)19-4-3-10(15)7-19/h8-10H,3-7,15-16H2,1-2H3. The number of amides is 1. The van der Waals surface area contributed by atoms with Gasteiger partial charge in [-0.25, -0.2) is 4.98 Å². The molecule has 6 nitrogen and oxygen atoms in total. The van der Waals surface area contributed by atoms with Crippen LogP contribution in [0.1, 0.15) is 29.4 Å². The third-order valence-electron chi connectivity index (χ3n) is 4.46. The van der Waals surface area contributed by atoms with E-state index in [0.717, 1.165) is 37.1 Å². The molecule has 7 heteroatoms. The van der Waals surface area contributed by atoms with Gasteiger partial charge in [-0.2, -0.15) is 0 Å². The van der Waals surface area contributed by atoms with Crippen LogP contribution in [0.5, 0.6) is 0 Å². The highest BCUT2D eigenvalue weighted by Crippen LogP contribution is 2.38. The van der Waals surface area contributed by atoms with Gasteiger partial charge in [0.2, 0.25) is 0 Å². The summed E-state index contributed by atoms with van der Waals surface area (Å²) in [6, 6.07) is 0.188. The van der Waals surface area contributed by atoms with Gasteiger partial charge >= 0.3 is 0 Å². The summed E-state index contributed by atoms with van der Waals surface area (Å²) in [7, 11) is 1.85. The van der Waals surface area contributed by atoms with Crippen molar-refractivity contribution in [2.75, 3.05) is 37.3 Å². The summed E-state index contributed by atoms with van der Waals surface area (Å²) in [5.74, 6) is 1.71. The Bertz CT molecular complexity index is 545. The van der Waals surface area contributed by atoms with Crippen molar-refractivity contribution in [3.05, 3.63) is 4.88 Å². The average Bonchev–Trinajstić information content (AvgIpc) is 2.84. The highest BCUT2D eigenvalue weighted by molar-refractivity contribution is 7.18.